The van der Waals surface area contributed by atoms with Gasteiger partial charge in [0.2, 0.25) is 5.91 Å². The summed E-state index contributed by atoms with van der Waals surface area (Å²) in [6, 6.07) is 0. The normalized spacial score (nSPS) is 17.5. The molecule has 0 bridgehead atoms. The second kappa shape index (κ2) is 6.21. The van der Waals surface area contributed by atoms with Crippen LogP contribution in [0.3, 0.4) is 0 Å². The Morgan fingerprint density at radius 1 is 1.44 bits per heavy atom. The molecule has 0 spiro atoms. The summed E-state index contributed by atoms with van der Waals surface area (Å²) in [5.41, 5.74) is 0.391. The first-order valence-electron chi connectivity index (χ1n) is 6.07. The van der Waals surface area contributed by atoms with Crippen molar-refractivity contribution in [3.05, 3.63) is 0 Å². The number of hydrogen-bond donors (Lipinski definition) is 2. The summed E-state index contributed by atoms with van der Waals surface area (Å²) < 4.78 is 4.89. The zero-order valence-electron chi connectivity index (χ0n) is 10.6. The highest BCUT2D eigenvalue weighted by Crippen LogP contribution is 2.51. The minimum atomic E-state index is 0.0861. The van der Waals surface area contributed by atoms with E-state index in [0.717, 1.165) is 13.1 Å². The van der Waals surface area contributed by atoms with E-state index in [4.69, 9.17) is 4.74 Å². The topological polar surface area (TPSA) is 50.4 Å². The van der Waals surface area contributed by atoms with Gasteiger partial charge in [-0.25, -0.2) is 0 Å². The van der Waals surface area contributed by atoms with Crippen molar-refractivity contribution in [1.82, 2.24) is 10.6 Å². The van der Waals surface area contributed by atoms with Gasteiger partial charge in [-0.05, 0) is 24.2 Å². The molecule has 16 heavy (non-hydrogen) atoms. The second-order valence-electron chi connectivity index (χ2n) is 4.96. The van der Waals surface area contributed by atoms with E-state index in [1.54, 1.807) is 7.11 Å². The van der Waals surface area contributed by atoms with Crippen LogP contribution >= 0.6 is 0 Å². The first-order chi connectivity index (χ1) is 7.60. The number of amides is 1. The van der Waals surface area contributed by atoms with E-state index in [-0.39, 0.29) is 5.91 Å². The van der Waals surface area contributed by atoms with Crippen molar-refractivity contribution in [2.45, 2.75) is 26.7 Å². The van der Waals surface area contributed by atoms with E-state index in [9.17, 15) is 4.79 Å². The Morgan fingerprint density at radius 2 is 2.12 bits per heavy atom. The lowest BCUT2D eigenvalue weighted by Crippen LogP contribution is -2.39. The van der Waals surface area contributed by atoms with Gasteiger partial charge in [-0.2, -0.15) is 0 Å². The first-order valence-corrected chi connectivity index (χ1v) is 6.07. The third-order valence-corrected chi connectivity index (χ3v) is 3.52. The van der Waals surface area contributed by atoms with E-state index in [2.05, 4.69) is 24.5 Å². The molecule has 4 nitrogen and oxygen atoms in total. The standard InChI is InChI=1S/C12H24N2O2/c1-10(2)12(4-5-12)9-14-11(15)8-13-6-7-16-3/h10,13H,4-9H2,1-3H3,(H,14,15). The van der Waals surface area contributed by atoms with Crippen LogP contribution in [0.1, 0.15) is 26.7 Å². The molecule has 94 valence electrons. The molecule has 4 heteroatoms. The molecule has 1 saturated carbocycles. The Kier molecular flexibility index (Phi) is 5.22. The van der Waals surface area contributed by atoms with Crippen molar-refractivity contribution in [2.75, 3.05) is 33.4 Å². The molecule has 0 saturated heterocycles. The fourth-order valence-corrected chi connectivity index (χ4v) is 1.83. The van der Waals surface area contributed by atoms with E-state index < -0.39 is 0 Å². The molecule has 0 unspecified atom stereocenters. The van der Waals surface area contributed by atoms with Crippen molar-refractivity contribution < 1.29 is 9.53 Å². The molecule has 1 rings (SSSR count). The number of carbonyl (C=O) groups excluding carboxylic acids is 1. The van der Waals surface area contributed by atoms with Gasteiger partial charge in [0.05, 0.1) is 13.2 Å². The molecule has 1 amide bonds. The maximum atomic E-state index is 11.5. The third-order valence-electron chi connectivity index (χ3n) is 3.52. The molecule has 0 atom stereocenters. The maximum Gasteiger partial charge on any atom is 0.233 e. The fraction of sp³-hybridized carbons (Fsp3) is 0.917. The number of hydrogen-bond acceptors (Lipinski definition) is 3. The Labute approximate surface area is 98.1 Å². The molecule has 2 N–H and O–H groups in total. The van der Waals surface area contributed by atoms with Crippen LogP contribution in [0.4, 0.5) is 0 Å². The molecule has 0 aromatic heterocycles. The number of nitrogens with one attached hydrogen (secondary N) is 2. The van der Waals surface area contributed by atoms with Crippen LogP contribution < -0.4 is 10.6 Å². The molecule has 0 aromatic rings. The summed E-state index contributed by atoms with van der Waals surface area (Å²) in [4.78, 5) is 11.5. The predicted molar refractivity (Wildman–Crippen MR) is 64.3 cm³/mol. The van der Waals surface area contributed by atoms with E-state index in [1.165, 1.54) is 12.8 Å². The van der Waals surface area contributed by atoms with Crippen molar-refractivity contribution in [3.63, 3.8) is 0 Å². The van der Waals surface area contributed by atoms with E-state index in [1.807, 2.05) is 0 Å². The van der Waals surface area contributed by atoms with Gasteiger partial charge in [0.15, 0.2) is 0 Å². The van der Waals surface area contributed by atoms with Crippen molar-refractivity contribution in [3.8, 4) is 0 Å². The van der Waals surface area contributed by atoms with Crippen molar-refractivity contribution in [2.24, 2.45) is 11.3 Å². The molecule has 0 heterocycles. The summed E-state index contributed by atoms with van der Waals surface area (Å²) in [6.45, 7) is 7.04. The van der Waals surface area contributed by atoms with Crippen LogP contribution in [0, 0.1) is 11.3 Å². The molecule has 0 aliphatic heterocycles. The monoisotopic (exact) mass is 228 g/mol. The number of methoxy groups -OCH3 is 1. The van der Waals surface area contributed by atoms with E-state index in [0.29, 0.717) is 24.5 Å². The summed E-state index contributed by atoms with van der Waals surface area (Å²) in [5, 5.41) is 6.04. The quantitative estimate of drug-likeness (QED) is 0.603. The summed E-state index contributed by atoms with van der Waals surface area (Å²) >= 11 is 0. The van der Waals surface area contributed by atoms with Gasteiger partial charge in [0.1, 0.15) is 0 Å². The van der Waals surface area contributed by atoms with Gasteiger partial charge in [0.25, 0.3) is 0 Å². The SMILES string of the molecule is COCCNCC(=O)NCC1(C(C)C)CC1. The molecule has 1 fully saturated rings. The maximum absolute atomic E-state index is 11.5. The smallest absolute Gasteiger partial charge is 0.233 e. The zero-order chi connectivity index (χ0) is 12.0. The predicted octanol–water partition coefficient (Wildman–Crippen LogP) is 0.775. The lowest BCUT2D eigenvalue weighted by molar-refractivity contribution is -0.120. The molecule has 1 aliphatic carbocycles. The second-order valence-corrected chi connectivity index (χ2v) is 4.96. The van der Waals surface area contributed by atoms with Gasteiger partial charge in [0, 0.05) is 20.2 Å². The lowest BCUT2D eigenvalue weighted by Gasteiger charge is -2.20. The fourth-order valence-electron chi connectivity index (χ4n) is 1.83. The van der Waals surface area contributed by atoms with Crippen LogP contribution in [0.25, 0.3) is 0 Å². The first kappa shape index (κ1) is 13.5. The van der Waals surface area contributed by atoms with Gasteiger partial charge >= 0.3 is 0 Å². The molecule has 0 aromatic carbocycles. The highest BCUT2D eigenvalue weighted by molar-refractivity contribution is 5.78. The zero-order valence-corrected chi connectivity index (χ0v) is 10.6. The number of ether oxygens (including phenoxy) is 1. The Hall–Kier alpha value is -0.610. The van der Waals surface area contributed by atoms with Crippen molar-refractivity contribution >= 4 is 5.91 Å². The Morgan fingerprint density at radius 3 is 2.62 bits per heavy atom. The Bertz CT molecular complexity index is 225. The van der Waals surface area contributed by atoms with Gasteiger partial charge in [-0.3, -0.25) is 4.79 Å². The van der Waals surface area contributed by atoms with E-state index >= 15 is 0 Å². The summed E-state index contributed by atoms with van der Waals surface area (Å²) in [5.74, 6) is 0.747. The number of rotatable bonds is 8. The highest BCUT2D eigenvalue weighted by Gasteiger charge is 2.45. The minimum Gasteiger partial charge on any atom is -0.383 e. The van der Waals surface area contributed by atoms with Gasteiger partial charge in [-0.1, -0.05) is 13.8 Å². The molecular formula is C12H24N2O2. The van der Waals surface area contributed by atoms with Crippen LogP contribution in [-0.2, 0) is 9.53 Å². The molecule has 0 radical (unpaired) electrons. The largest absolute Gasteiger partial charge is 0.383 e. The minimum absolute atomic E-state index is 0.0861. The average Bonchev–Trinajstić information content (AvgIpc) is 3.03. The highest BCUT2D eigenvalue weighted by atomic mass is 16.5. The third kappa shape index (κ3) is 4.10. The van der Waals surface area contributed by atoms with Crippen LogP contribution in [0.15, 0.2) is 0 Å². The van der Waals surface area contributed by atoms with Crippen LogP contribution in [0.2, 0.25) is 0 Å². The summed E-state index contributed by atoms with van der Waals surface area (Å²) in [7, 11) is 1.65. The van der Waals surface area contributed by atoms with Crippen LogP contribution in [0.5, 0.6) is 0 Å². The molecule has 1 aliphatic rings. The number of carbonyl (C=O) groups is 1. The molecular weight excluding hydrogens is 204 g/mol. The average molecular weight is 228 g/mol. The van der Waals surface area contributed by atoms with Crippen LogP contribution in [-0.4, -0.2) is 39.3 Å². The van der Waals surface area contributed by atoms with Gasteiger partial charge < -0.3 is 15.4 Å². The summed E-state index contributed by atoms with van der Waals surface area (Å²) in [6.07, 6.45) is 2.50. The van der Waals surface area contributed by atoms with Crippen molar-refractivity contribution in [1.29, 1.82) is 0 Å². The van der Waals surface area contributed by atoms with Gasteiger partial charge in [-0.15, -0.1) is 0 Å². The Balaban J connectivity index is 2.06. The lowest BCUT2D eigenvalue weighted by atomic mass is 9.92.